The van der Waals surface area contributed by atoms with Crippen LogP contribution < -0.4 is 0 Å². The Balaban J connectivity index is 1.44. The molecular formula is C19H30N6. The molecule has 2 aliphatic heterocycles. The number of rotatable bonds is 5. The quantitative estimate of drug-likeness (QED) is 0.833. The molecule has 0 amide bonds. The van der Waals surface area contributed by atoms with Gasteiger partial charge in [-0.3, -0.25) is 14.5 Å². The molecule has 136 valence electrons. The molecule has 0 bridgehead atoms. The second-order valence-corrected chi connectivity index (χ2v) is 7.96. The summed E-state index contributed by atoms with van der Waals surface area (Å²) in [6, 6.07) is 3.94. The third-order valence-corrected chi connectivity index (χ3v) is 6.00. The summed E-state index contributed by atoms with van der Waals surface area (Å²) in [6.07, 6.45) is 10.5. The predicted octanol–water partition coefficient (Wildman–Crippen LogP) is 1.99. The maximum Gasteiger partial charge on any atom is 0.122 e. The molecule has 4 heterocycles. The topological polar surface area (TPSA) is 42.1 Å². The standard InChI is InChI=1S/C19H30N6/c1-15(2)25-17(13-24-8-4-6-21-24)11-16-12-23(9-5-18(16)25)14-19-20-7-10-22(19)3/h4,6-8,10,15-18H,5,9,11-14H2,1-3H3/t16-,17+,18+/m0/s1. The molecule has 2 aliphatic rings. The monoisotopic (exact) mass is 342 g/mol. The molecule has 2 fully saturated rings. The molecule has 2 aromatic rings. The van der Waals surface area contributed by atoms with E-state index < -0.39 is 0 Å². The highest BCUT2D eigenvalue weighted by Gasteiger charge is 2.44. The lowest BCUT2D eigenvalue weighted by Gasteiger charge is -2.40. The van der Waals surface area contributed by atoms with E-state index in [1.807, 2.05) is 24.7 Å². The largest absolute Gasteiger partial charge is 0.337 e. The van der Waals surface area contributed by atoms with Gasteiger partial charge in [-0.2, -0.15) is 5.10 Å². The molecule has 0 aliphatic carbocycles. The molecule has 3 atom stereocenters. The van der Waals surface area contributed by atoms with Crippen LogP contribution in [-0.2, 0) is 20.1 Å². The summed E-state index contributed by atoms with van der Waals surface area (Å²) < 4.78 is 4.24. The lowest BCUT2D eigenvalue weighted by atomic mass is 9.92. The molecule has 0 aromatic carbocycles. The highest BCUT2D eigenvalue weighted by Crippen LogP contribution is 2.37. The number of hydrogen-bond donors (Lipinski definition) is 0. The van der Waals surface area contributed by atoms with Crippen LogP contribution >= 0.6 is 0 Å². The Labute approximate surface area is 150 Å². The lowest BCUT2D eigenvalue weighted by Crippen LogP contribution is -2.49. The summed E-state index contributed by atoms with van der Waals surface area (Å²) in [5.41, 5.74) is 0. The molecule has 0 spiro atoms. The van der Waals surface area contributed by atoms with Gasteiger partial charge in [-0.1, -0.05) is 0 Å². The Morgan fingerprint density at radius 2 is 2.12 bits per heavy atom. The second kappa shape index (κ2) is 6.92. The van der Waals surface area contributed by atoms with Crippen molar-refractivity contribution in [2.45, 2.75) is 57.9 Å². The molecule has 4 rings (SSSR count). The Morgan fingerprint density at radius 3 is 2.80 bits per heavy atom. The smallest absolute Gasteiger partial charge is 0.122 e. The van der Waals surface area contributed by atoms with Gasteiger partial charge < -0.3 is 4.57 Å². The van der Waals surface area contributed by atoms with Crippen molar-refractivity contribution in [3.63, 3.8) is 0 Å². The number of imidazole rings is 1. The molecule has 2 aromatic heterocycles. The Hall–Kier alpha value is -1.66. The first kappa shape index (κ1) is 16.8. The van der Waals surface area contributed by atoms with Crippen LogP contribution in [0.1, 0.15) is 32.5 Å². The van der Waals surface area contributed by atoms with E-state index in [0.29, 0.717) is 12.1 Å². The van der Waals surface area contributed by atoms with Gasteiger partial charge in [0.05, 0.1) is 13.1 Å². The summed E-state index contributed by atoms with van der Waals surface area (Å²) in [7, 11) is 2.09. The van der Waals surface area contributed by atoms with Crippen molar-refractivity contribution in [2.24, 2.45) is 13.0 Å². The van der Waals surface area contributed by atoms with Crippen molar-refractivity contribution in [3.8, 4) is 0 Å². The number of aryl methyl sites for hydroxylation is 1. The van der Waals surface area contributed by atoms with E-state index in [9.17, 15) is 0 Å². The number of fused-ring (bicyclic) bond motifs is 1. The van der Waals surface area contributed by atoms with E-state index in [1.54, 1.807) is 0 Å². The van der Waals surface area contributed by atoms with Crippen LogP contribution in [-0.4, -0.2) is 60.3 Å². The highest BCUT2D eigenvalue weighted by atomic mass is 15.3. The van der Waals surface area contributed by atoms with E-state index in [4.69, 9.17) is 0 Å². The number of hydrogen-bond acceptors (Lipinski definition) is 4. The maximum atomic E-state index is 4.50. The molecule has 6 nitrogen and oxygen atoms in total. The molecular weight excluding hydrogens is 312 g/mol. The number of likely N-dealkylation sites (tertiary alicyclic amines) is 2. The Bertz CT molecular complexity index is 676. The van der Waals surface area contributed by atoms with Gasteiger partial charge in [0.25, 0.3) is 0 Å². The van der Waals surface area contributed by atoms with E-state index >= 15 is 0 Å². The molecule has 25 heavy (non-hydrogen) atoms. The van der Waals surface area contributed by atoms with E-state index in [2.05, 4.69) is 56.2 Å². The van der Waals surface area contributed by atoms with E-state index in [1.165, 1.54) is 31.8 Å². The summed E-state index contributed by atoms with van der Waals surface area (Å²) in [5.74, 6) is 1.93. The minimum Gasteiger partial charge on any atom is -0.337 e. The van der Waals surface area contributed by atoms with Crippen molar-refractivity contribution in [3.05, 3.63) is 36.7 Å². The summed E-state index contributed by atoms with van der Waals surface area (Å²) >= 11 is 0. The molecule has 6 heteroatoms. The summed E-state index contributed by atoms with van der Waals surface area (Å²) in [6.45, 7) is 9.04. The van der Waals surface area contributed by atoms with Gasteiger partial charge in [0.2, 0.25) is 0 Å². The Kier molecular flexibility index (Phi) is 4.65. The molecule has 0 saturated carbocycles. The minimum atomic E-state index is 0.594. The third kappa shape index (κ3) is 3.37. The van der Waals surface area contributed by atoms with E-state index in [0.717, 1.165) is 25.0 Å². The van der Waals surface area contributed by atoms with Crippen LogP contribution in [0.5, 0.6) is 0 Å². The first-order valence-electron chi connectivity index (χ1n) is 9.55. The molecule has 0 unspecified atom stereocenters. The van der Waals surface area contributed by atoms with Crippen molar-refractivity contribution >= 4 is 0 Å². The summed E-state index contributed by atoms with van der Waals surface area (Å²) in [4.78, 5) is 9.87. The van der Waals surface area contributed by atoms with E-state index in [-0.39, 0.29) is 0 Å². The summed E-state index contributed by atoms with van der Waals surface area (Å²) in [5, 5.41) is 4.43. The van der Waals surface area contributed by atoms with Gasteiger partial charge in [0.1, 0.15) is 5.82 Å². The van der Waals surface area contributed by atoms with Gasteiger partial charge in [-0.05, 0) is 38.7 Å². The SMILES string of the molecule is CC(C)N1[C@@H](Cn2cccn2)C[C@H]2CN(Cc3nccn3C)CC[C@H]21. The molecule has 0 radical (unpaired) electrons. The average molecular weight is 342 g/mol. The van der Waals surface area contributed by atoms with Crippen molar-refractivity contribution in [1.82, 2.24) is 29.1 Å². The fourth-order valence-electron chi connectivity index (χ4n) is 4.95. The highest BCUT2D eigenvalue weighted by molar-refractivity contribution is 5.00. The second-order valence-electron chi connectivity index (χ2n) is 7.96. The van der Waals surface area contributed by atoms with Crippen molar-refractivity contribution in [2.75, 3.05) is 13.1 Å². The van der Waals surface area contributed by atoms with Crippen molar-refractivity contribution in [1.29, 1.82) is 0 Å². The zero-order valence-electron chi connectivity index (χ0n) is 15.6. The van der Waals surface area contributed by atoms with Gasteiger partial charge in [0, 0.05) is 63.1 Å². The van der Waals surface area contributed by atoms with Crippen LogP contribution in [0, 0.1) is 5.92 Å². The lowest BCUT2D eigenvalue weighted by molar-refractivity contribution is 0.0706. The number of piperidine rings is 1. The number of aromatic nitrogens is 4. The van der Waals surface area contributed by atoms with Crippen molar-refractivity contribution < 1.29 is 0 Å². The fourth-order valence-corrected chi connectivity index (χ4v) is 4.95. The van der Waals surface area contributed by atoms with Crippen LogP contribution in [0.3, 0.4) is 0 Å². The third-order valence-electron chi connectivity index (χ3n) is 6.00. The number of nitrogens with zero attached hydrogens (tertiary/aromatic N) is 6. The van der Waals surface area contributed by atoms with Gasteiger partial charge in [0.15, 0.2) is 0 Å². The molecule has 2 saturated heterocycles. The average Bonchev–Trinajstić information content (AvgIpc) is 3.28. The fraction of sp³-hybridized carbons (Fsp3) is 0.684. The van der Waals surface area contributed by atoms with Crippen LogP contribution in [0.25, 0.3) is 0 Å². The minimum absolute atomic E-state index is 0.594. The van der Waals surface area contributed by atoms with Gasteiger partial charge >= 0.3 is 0 Å². The maximum absolute atomic E-state index is 4.50. The first-order valence-corrected chi connectivity index (χ1v) is 9.55. The molecule has 0 N–H and O–H groups in total. The zero-order valence-corrected chi connectivity index (χ0v) is 15.6. The zero-order chi connectivity index (χ0) is 17.4. The normalized spacial score (nSPS) is 27.9. The first-order chi connectivity index (χ1) is 12.1. The Morgan fingerprint density at radius 1 is 1.24 bits per heavy atom. The van der Waals surface area contributed by atoms with Gasteiger partial charge in [-0.25, -0.2) is 4.98 Å². The van der Waals surface area contributed by atoms with Crippen LogP contribution in [0.15, 0.2) is 30.9 Å². The van der Waals surface area contributed by atoms with Gasteiger partial charge in [-0.15, -0.1) is 0 Å². The van der Waals surface area contributed by atoms with Crippen LogP contribution in [0.2, 0.25) is 0 Å². The van der Waals surface area contributed by atoms with Crippen LogP contribution in [0.4, 0.5) is 0 Å². The predicted molar refractivity (Wildman–Crippen MR) is 98.0 cm³/mol.